The first-order valence-electron chi connectivity index (χ1n) is 8.51. The zero-order valence-electron chi connectivity index (χ0n) is 14.9. The number of sulfonamides is 1. The van der Waals surface area contributed by atoms with Crippen molar-refractivity contribution in [2.24, 2.45) is 0 Å². The molecule has 3 aromatic rings. The van der Waals surface area contributed by atoms with Gasteiger partial charge in [-0.15, -0.1) is 0 Å². The van der Waals surface area contributed by atoms with Crippen molar-refractivity contribution < 1.29 is 17.6 Å². The number of hydrogen-bond acceptors (Lipinski definition) is 4. The second-order valence-corrected chi connectivity index (χ2v) is 8.21. The van der Waals surface area contributed by atoms with Crippen molar-refractivity contribution in [3.8, 4) is 0 Å². The van der Waals surface area contributed by atoms with Crippen LogP contribution in [0.1, 0.15) is 11.1 Å². The number of fused-ring (bicyclic) bond motifs is 1. The number of aromatic nitrogens is 1. The summed E-state index contributed by atoms with van der Waals surface area (Å²) in [5.74, 6) is -0.550. The van der Waals surface area contributed by atoms with Gasteiger partial charge in [0.25, 0.3) is 10.0 Å². The third-order valence-corrected chi connectivity index (χ3v) is 6.24. The molecular formula is C20H16FN3O3S. The van der Waals surface area contributed by atoms with Crippen LogP contribution < -0.4 is 4.90 Å². The Bertz CT molecular complexity index is 1160. The molecule has 0 fully saturated rings. The van der Waals surface area contributed by atoms with Crippen LogP contribution in [0.4, 0.5) is 20.7 Å². The Morgan fingerprint density at radius 3 is 2.43 bits per heavy atom. The SMILES string of the molecule is Cc1ccc(N2C(=O)N(Cc3ccccc3F)S(=O)(=O)c3cccnc32)cc1. The van der Waals surface area contributed by atoms with Gasteiger partial charge in [-0.25, -0.2) is 31.8 Å². The Morgan fingerprint density at radius 2 is 1.71 bits per heavy atom. The maximum atomic E-state index is 14.1. The van der Waals surface area contributed by atoms with E-state index in [9.17, 15) is 17.6 Å². The first-order chi connectivity index (χ1) is 13.4. The molecule has 0 saturated heterocycles. The number of hydrogen-bond donors (Lipinski definition) is 0. The van der Waals surface area contributed by atoms with Crippen LogP contribution >= 0.6 is 0 Å². The van der Waals surface area contributed by atoms with Crippen molar-refractivity contribution in [1.29, 1.82) is 0 Å². The Balaban J connectivity index is 1.88. The molecule has 0 unspecified atom stereocenters. The highest BCUT2D eigenvalue weighted by Gasteiger charge is 2.43. The smallest absolute Gasteiger partial charge is 0.246 e. The summed E-state index contributed by atoms with van der Waals surface area (Å²) in [6.07, 6.45) is 1.43. The van der Waals surface area contributed by atoms with Gasteiger partial charge in [0.05, 0.1) is 12.2 Å². The minimum Gasteiger partial charge on any atom is -0.246 e. The van der Waals surface area contributed by atoms with E-state index in [-0.39, 0.29) is 16.3 Å². The third kappa shape index (κ3) is 2.91. The van der Waals surface area contributed by atoms with E-state index >= 15 is 0 Å². The number of pyridine rings is 1. The molecule has 1 aromatic heterocycles. The number of carbonyl (C=O) groups excluding carboxylic acids is 1. The molecule has 1 aliphatic rings. The highest BCUT2D eigenvalue weighted by atomic mass is 32.2. The van der Waals surface area contributed by atoms with Gasteiger partial charge in [-0.05, 0) is 37.3 Å². The first kappa shape index (κ1) is 18.1. The fraction of sp³-hybridized carbons (Fsp3) is 0.100. The monoisotopic (exact) mass is 397 g/mol. The predicted molar refractivity (Wildman–Crippen MR) is 102 cm³/mol. The van der Waals surface area contributed by atoms with Crippen LogP contribution in [0.5, 0.6) is 0 Å². The van der Waals surface area contributed by atoms with Crippen molar-refractivity contribution in [1.82, 2.24) is 9.29 Å². The molecule has 2 amide bonds. The van der Waals surface area contributed by atoms with Gasteiger partial charge in [0.1, 0.15) is 10.7 Å². The lowest BCUT2D eigenvalue weighted by Gasteiger charge is -2.35. The average molecular weight is 397 g/mol. The molecular weight excluding hydrogens is 381 g/mol. The predicted octanol–water partition coefficient (Wildman–Crippen LogP) is 3.99. The van der Waals surface area contributed by atoms with Crippen molar-refractivity contribution >= 4 is 27.6 Å². The van der Waals surface area contributed by atoms with E-state index in [1.165, 1.54) is 41.4 Å². The second kappa shape index (κ2) is 6.72. The summed E-state index contributed by atoms with van der Waals surface area (Å²) < 4.78 is 41.0. The number of aryl methyl sites for hydroxylation is 1. The fourth-order valence-corrected chi connectivity index (χ4v) is 4.49. The summed E-state index contributed by atoms with van der Waals surface area (Å²) in [5, 5.41) is 0. The van der Waals surface area contributed by atoms with Crippen molar-refractivity contribution in [3.63, 3.8) is 0 Å². The van der Waals surface area contributed by atoms with E-state index in [1.807, 2.05) is 19.1 Å². The van der Waals surface area contributed by atoms with Gasteiger partial charge in [-0.3, -0.25) is 0 Å². The molecule has 0 saturated carbocycles. The van der Waals surface area contributed by atoms with E-state index in [0.717, 1.165) is 5.56 Å². The third-order valence-electron chi connectivity index (χ3n) is 4.50. The summed E-state index contributed by atoms with van der Waals surface area (Å²) in [6, 6.07) is 14.9. The molecule has 28 heavy (non-hydrogen) atoms. The molecule has 8 heteroatoms. The summed E-state index contributed by atoms with van der Waals surface area (Å²) in [6.45, 7) is 1.49. The Hall–Kier alpha value is -3.26. The molecule has 0 atom stereocenters. The lowest BCUT2D eigenvalue weighted by molar-refractivity contribution is 0.228. The lowest BCUT2D eigenvalue weighted by Crippen LogP contribution is -2.48. The number of amides is 2. The van der Waals surface area contributed by atoms with Gasteiger partial charge < -0.3 is 0 Å². The number of halogens is 1. The standard InChI is InChI=1S/C20H16FN3O3S/c1-14-8-10-16(11-9-14)24-19-18(7-4-12-22-19)28(26,27)23(20(24)25)13-15-5-2-3-6-17(15)21/h2-12H,13H2,1H3. The molecule has 0 bridgehead atoms. The number of urea groups is 1. The zero-order chi connectivity index (χ0) is 19.9. The quantitative estimate of drug-likeness (QED) is 0.670. The van der Waals surface area contributed by atoms with Crippen LogP contribution in [0.2, 0.25) is 0 Å². The van der Waals surface area contributed by atoms with Gasteiger partial charge in [0, 0.05) is 11.8 Å². The molecule has 0 spiro atoms. The van der Waals surface area contributed by atoms with Gasteiger partial charge in [-0.1, -0.05) is 35.9 Å². The summed E-state index contributed by atoms with van der Waals surface area (Å²) in [7, 11) is -4.18. The minimum atomic E-state index is -4.18. The van der Waals surface area contributed by atoms with Crippen LogP contribution in [0.3, 0.4) is 0 Å². The summed E-state index contributed by atoms with van der Waals surface area (Å²) >= 11 is 0. The van der Waals surface area contributed by atoms with Crippen LogP contribution in [-0.2, 0) is 16.6 Å². The largest absolute Gasteiger partial charge is 0.344 e. The highest BCUT2D eigenvalue weighted by Crippen LogP contribution is 2.38. The zero-order valence-corrected chi connectivity index (χ0v) is 15.7. The fourth-order valence-electron chi connectivity index (χ4n) is 3.04. The van der Waals surface area contributed by atoms with Gasteiger partial charge >= 0.3 is 6.03 Å². The Morgan fingerprint density at radius 1 is 1.00 bits per heavy atom. The summed E-state index contributed by atoms with van der Waals surface area (Å²) in [4.78, 5) is 18.5. The second-order valence-electron chi connectivity index (χ2n) is 6.38. The van der Waals surface area contributed by atoms with Crippen molar-refractivity contribution in [2.75, 3.05) is 4.90 Å². The molecule has 0 N–H and O–H groups in total. The molecule has 2 heterocycles. The van der Waals surface area contributed by atoms with E-state index in [2.05, 4.69) is 4.98 Å². The molecule has 142 valence electrons. The maximum Gasteiger partial charge on any atom is 0.344 e. The Labute approximate surface area is 161 Å². The molecule has 0 radical (unpaired) electrons. The minimum absolute atomic E-state index is 0.0288. The summed E-state index contributed by atoms with van der Waals surface area (Å²) in [5.41, 5.74) is 1.57. The van der Waals surface area contributed by atoms with Gasteiger partial charge in [0.2, 0.25) is 0 Å². The van der Waals surface area contributed by atoms with E-state index in [4.69, 9.17) is 0 Å². The van der Waals surface area contributed by atoms with E-state index < -0.39 is 28.4 Å². The molecule has 0 aliphatic carbocycles. The number of nitrogens with zero attached hydrogens (tertiary/aromatic N) is 3. The topological polar surface area (TPSA) is 70.6 Å². The normalized spacial score (nSPS) is 15.4. The first-order valence-corrected chi connectivity index (χ1v) is 9.95. The van der Waals surface area contributed by atoms with Crippen LogP contribution in [-0.4, -0.2) is 23.7 Å². The molecule has 1 aliphatic heterocycles. The van der Waals surface area contributed by atoms with Crippen molar-refractivity contribution in [2.45, 2.75) is 18.4 Å². The van der Waals surface area contributed by atoms with Crippen molar-refractivity contribution in [3.05, 3.63) is 83.8 Å². The van der Waals surface area contributed by atoms with Crippen LogP contribution in [0.15, 0.2) is 71.8 Å². The number of anilines is 2. The molecule has 4 rings (SSSR count). The number of carbonyl (C=O) groups is 1. The Kier molecular flexibility index (Phi) is 4.35. The van der Waals surface area contributed by atoms with E-state index in [0.29, 0.717) is 9.99 Å². The molecule has 6 nitrogen and oxygen atoms in total. The average Bonchev–Trinajstić information content (AvgIpc) is 2.68. The number of rotatable bonds is 3. The van der Waals surface area contributed by atoms with Gasteiger partial charge in [-0.2, -0.15) is 0 Å². The lowest BCUT2D eigenvalue weighted by atomic mass is 10.2. The molecule has 2 aromatic carbocycles. The van der Waals surface area contributed by atoms with E-state index in [1.54, 1.807) is 18.2 Å². The highest BCUT2D eigenvalue weighted by molar-refractivity contribution is 7.90. The van der Waals surface area contributed by atoms with Crippen LogP contribution in [0.25, 0.3) is 0 Å². The van der Waals surface area contributed by atoms with Crippen LogP contribution in [0, 0.1) is 12.7 Å². The number of benzene rings is 2. The van der Waals surface area contributed by atoms with Gasteiger partial charge in [0.15, 0.2) is 5.82 Å². The maximum absolute atomic E-state index is 14.1.